The lowest BCUT2D eigenvalue weighted by Crippen LogP contribution is -2.10. The number of aromatic nitrogens is 3. The Morgan fingerprint density at radius 3 is 3.11 bits per heavy atom. The van der Waals surface area contributed by atoms with Gasteiger partial charge in [0.1, 0.15) is 0 Å². The highest BCUT2D eigenvalue weighted by Gasteiger charge is 2.09. The highest BCUT2D eigenvalue weighted by atomic mass is 16.5. The summed E-state index contributed by atoms with van der Waals surface area (Å²) in [5.41, 5.74) is 1.88. The van der Waals surface area contributed by atoms with E-state index in [1.54, 1.807) is 6.20 Å². The molecule has 0 fully saturated rings. The Hall–Kier alpha value is -2.27. The minimum Gasteiger partial charge on any atom is -0.334 e. The zero-order valence-corrected chi connectivity index (χ0v) is 10.6. The van der Waals surface area contributed by atoms with Gasteiger partial charge in [0, 0.05) is 30.1 Å². The average molecular weight is 254 g/mol. The van der Waals surface area contributed by atoms with Crippen LogP contribution in [-0.4, -0.2) is 28.7 Å². The van der Waals surface area contributed by atoms with Crippen molar-refractivity contribution >= 4 is 10.9 Å². The molecule has 0 saturated carbocycles. The van der Waals surface area contributed by atoms with Gasteiger partial charge in [-0.1, -0.05) is 11.2 Å². The first-order valence-electron chi connectivity index (χ1n) is 6.19. The second-order valence-electron chi connectivity index (χ2n) is 4.28. The van der Waals surface area contributed by atoms with Gasteiger partial charge in [-0.05, 0) is 31.3 Å². The first-order chi connectivity index (χ1) is 9.36. The van der Waals surface area contributed by atoms with Crippen molar-refractivity contribution in [2.45, 2.75) is 6.42 Å². The second-order valence-corrected chi connectivity index (χ2v) is 4.28. The Balaban J connectivity index is 1.92. The fraction of sp³-hybridized carbons (Fsp3) is 0.214. The first-order valence-corrected chi connectivity index (χ1v) is 6.19. The van der Waals surface area contributed by atoms with E-state index in [2.05, 4.69) is 20.4 Å². The molecule has 0 unspecified atom stereocenters. The molecule has 1 aromatic carbocycles. The normalized spacial score (nSPS) is 11.0. The van der Waals surface area contributed by atoms with Crippen LogP contribution in [0.15, 0.2) is 41.1 Å². The molecule has 5 heteroatoms. The summed E-state index contributed by atoms with van der Waals surface area (Å²) in [6.45, 7) is 0.834. The van der Waals surface area contributed by atoms with Crippen molar-refractivity contribution in [1.29, 1.82) is 0 Å². The van der Waals surface area contributed by atoms with Crippen molar-refractivity contribution in [2.24, 2.45) is 0 Å². The summed E-state index contributed by atoms with van der Waals surface area (Å²) >= 11 is 0. The van der Waals surface area contributed by atoms with Gasteiger partial charge in [0.15, 0.2) is 5.82 Å². The van der Waals surface area contributed by atoms with E-state index in [9.17, 15) is 0 Å². The van der Waals surface area contributed by atoms with Crippen LogP contribution in [0.25, 0.3) is 22.4 Å². The molecule has 5 nitrogen and oxygen atoms in total. The van der Waals surface area contributed by atoms with E-state index in [1.807, 2.05) is 37.4 Å². The van der Waals surface area contributed by atoms with Crippen molar-refractivity contribution in [2.75, 3.05) is 13.6 Å². The zero-order chi connectivity index (χ0) is 13.1. The Labute approximate surface area is 110 Å². The monoisotopic (exact) mass is 254 g/mol. The summed E-state index contributed by atoms with van der Waals surface area (Å²) in [6, 6.07) is 9.85. The van der Waals surface area contributed by atoms with Gasteiger partial charge in [0.05, 0.1) is 5.52 Å². The molecule has 2 aromatic heterocycles. The Kier molecular flexibility index (Phi) is 3.20. The summed E-state index contributed by atoms with van der Waals surface area (Å²) in [6.07, 6.45) is 2.54. The maximum absolute atomic E-state index is 5.29. The lowest BCUT2D eigenvalue weighted by Gasteiger charge is -1.98. The predicted molar refractivity (Wildman–Crippen MR) is 72.7 cm³/mol. The van der Waals surface area contributed by atoms with E-state index < -0.39 is 0 Å². The largest absolute Gasteiger partial charge is 0.334 e. The number of fused-ring (bicyclic) bond motifs is 1. The molecule has 3 aromatic rings. The molecule has 2 heterocycles. The Morgan fingerprint density at radius 2 is 2.21 bits per heavy atom. The molecule has 0 aliphatic heterocycles. The molecule has 0 aliphatic rings. The topological polar surface area (TPSA) is 63.8 Å². The first kappa shape index (κ1) is 11.8. The van der Waals surface area contributed by atoms with Gasteiger partial charge in [-0.25, -0.2) is 0 Å². The maximum Gasteiger partial charge on any atom is 0.257 e. The Bertz CT molecular complexity index is 692. The molecule has 0 aliphatic carbocycles. The van der Waals surface area contributed by atoms with Crippen LogP contribution in [0.3, 0.4) is 0 Å². The van der Waals surface area contributed by atoms with Gasteiger partial charge < -0.3 is 9.84 Å². The van der Waals surface area contributed by atoms with Crippen LogP contribution in [0.2, 0.25) is 0 Å². The van der Waals surface area contributed by atoms with Crippen LogP contribution in [0.5, 0.6) is 0 Å². The molecular weight excluding hydrogens is 240 g/mol. The van der Waals surface area contributed by atoms with E-state index in [-0.39, 0.29) is 0 Å². The highest BCUT2D eigenvalue weighted by molar-refractivity contribution is 5.82. The lowest BCUT2D eigenvalue weighted by atomic mass is 10.1. The zero-order valence-electron chi connectivity index (χ0n) is 10.6. The van der Waals surface area contributed by atoms with Crippen LogP contribution in [0.1, 0.15) is 5.82 Å². The number of likely N-dealkylation sites (N-methyl/N-ethyl adjacent to an activating group) is 1. The number of rotatable bonds is 4. The van der Waals surface area contributed by atoms with Crippen LogP contribution in [-0.2, 0) is 6.42 Å². The SMILES string of the molecule is CNCCc1noc(-c2ccc3ncccc3c2)n1. The summed E-state index contributed by atoms with van der Waals surface area (Å²) in [7, 11) is 1.90. The molecule has 0 spiro atoms. The van der Waals surface area contributed by atoms with E-state index in [0.717, 1.165) is 35.3 Å². The molecule has 0 saturated heterocycles. The molecule has 19 heavy (non-hydrogen) atoms. The minimum atomic E-state index is 0.553. The number of nitrogens with one attached hydrogen (secondary N) is 1. The summed E-state index contributed by atoms with van der Waals surface area (Å²) in [4.78, 5) is 8.67. The maximum atomic E-state index is 5.29. The predicted octanol–water partition coefficient (Wildman–Crippen LogP) is 2.05. The molecule has 0 atom stereocenters. The average Bonchev–Trinajstić information content (AvgIpc) is 2.93. The summed E-state index contributed by atoms with van der Waals surface area (Å²) in [5.74, 6) is 1.27. The third-order valence-corrected chi connectivity index (χ3v) is 2.92. The van der Waals surface area contributed by atoms with E-state index in [0.29, 0.717) is 5.89 Å². The van der Waals surface area contributed by atoms with Crippen molar-refractivity contribution in [3.05, 3.63) is 42.4 Å². The van der Waals surface area contributed by atoms with Crippen LogP contribution >= 0.6 is 0 Å². The van der Waals surface area contributed by atoms with Gasteiger partial charge in [-0.15, -0.1) is 0 Å². The second kappa shape index (κ2) is 5.16. The van der Waals surface area contributed by atoms with Gasteiger partial charge in [-0.3, -0.25) is 4.98 Å². The minimum absolute atomic E-state index is 0.553. The van der Waals surface area contributed by atoms with Gasteiger partial charge in [0.2, 0.25) is 0 Å². The quantitative estimate of drug-likeness (QED) is 0.772. The number of hydrogen-bond acceptors (Lipinski definition) is 5. The molecule has 0 amide bonds. The van der Waals surface area contributed by atoms with Crippen LogP contribution in [0, 0.1) is 0 Å². The van der Waals surface area contributed by atoms with Crippen LogP contribution in [0.4, 0.5) is 0 Å². The summed E-state index contributed by atoms with van der Waals surface area (Å²) < 4.78 is 5.29. The fourth-order valence-corrected chi connectivity index (χ4v) is 1.92. The van der Waals surface area contributed by atoms with Gasteiger partial charge in [0.25, 0.3) is 5.89 Å². The molecule has 96 valence electrons. The van der Waals surface area contributed by atoms with E-state index >= 15 is 0 Å². The number of nitrogens with zero attached hydrogens (tertiary/aromatic N) is 3. The third-order valence-electron chi connectivity index (χ3n) is 2.92. The molecule has 1 N–H and O–H groups in total. The van der Waals surface area contributed by atoms with E-state index in [1.165, 1.54) is 0 Å². The third kappa shape index (κ3) is 2.46. The standard InChI is InChI=1S/C14H14N4O/c1-15-8-6-13-17-14(19-18-13)11-4-5-12-10(9-11)3-2-7-16-12/h2-5,7,9,15H,6,8H2,1H3. The van der Waals surface area contributed by atoms with Crippen molar-refractivity contribution in [3.8, 4) is 11.5 Å². The molecule has 0 radical (unpaired) electrons. The van der Waals surface area contributed by atoms with Gasteiger partial charge in [-0.2, -0.15) is 4.98 Å². The highest BCUT2D eigenvalue weighted by Crippen LogP contribution is 2.21. The van der Waals surface area contributed by atoms with E-state index in [4.69, 9.17) is 4.52 Å². The van der Waals surface area contributed by atoms with Gasteiger partial charge >= 0.3 is 0 Å². The van der Waals surface area contributed by atoms with Crippen LogP contribution < -0.4 is 5.32 Å². The molecule has 3 rings (SSSR count). The number of benzene rings is 1. The Morgan fingerprint density at radius 1 is 1.26 bits per heavy atom. The summed E-state index contributed by atoms with van der Waals surface area (Å²) in [5, 5.41) is 8.09. The molecule has 0 bridgehead atoms. The van der Waals surface area contributed by atoms with Crippen molar-refractivity contribution in [1.82, 2.24) is 20.4 Å². The smallest absolute Gasteiger partial charge is 0.257 e. The number of pyridine rings is 1. The molecular formula is C14H14N4O. The lowest BCUT2D eigenvalue weighted by molar-refractivity contribution is 0.422. The number of hydrogen-bond donors (Lipinski definition) is 1. The van der Waals surface area contributed by atoms with Crippen molar-refractivity contribution in [3.63, 3.8) is 0 Å². The fourth-order valence-electron chi connectivity index (χ4n) is 1.92. The van der Waals surface area contributed by atoms with Crippen molar-refractivity contribution < 1.29 is 4.52 Å².